The number of rotatable bonds is 6. The number of sulfonamides is 1. The highest BCUT2D eigenvalue weighted by atomic mass is 32.2. The molecular weight excluding hydrogens is 433 g/mol. The second-order valence-corrected chi connectivity index (χ2v) is 9.45. The van der Waals surface area contributed by atoms with Crippen LogP contribution in [0, 0.1) is 11.7 Å². The van der Waals surface area contributed by atoms with Gasteiger partial charge in [-0.15, -0.1) is 0 Å². The van der Waals surface area contributed by atoms with E-state index in [0.717, 1.165) is 18.2 Å². The average molecular weight is 456 g/mol. The Bertz CT molecular complexity index is 1080. The third-order valence-corrected chi connectivity index (χ3v) is 7.09. The Morgan fingerprint density at radius 2 is 1.97 bits per heavy atom. The molecule has 10 heteroatoms. The number of ether oxygens (including phenoxy) is 1. The van der Waals surface area contributed by atoms with E-state index in [2.05, 4.69) is 10.0 Å². The Morgan fingerprint density at radius 1 is 1.23 bits per heavy atom. The van der Waals surface area contributed by atoms with Gasteiger partial charge >= 0.3 is 0 Å². The second-order valence-electron chi connectivity index (χ2n) is 7.77. The first kappa shape index (κ1) is 23.2. The van der Waals surface area contributed by atoms with E-state index in [9.17, 15) is 26.4 Å². The van der Waals surface area contributed by atoms with Gasteiger partial charge in [-0.1, -0.05) is 13.0 Å². The summed E-state index contributed by atoms with van der Waals surface area (Å²) in [7, 11) is -3.94. The topological polar surface area (TPSA) is 84.5 Å². The molecule has 0 aromatic heterocycles. The van der Waals surface area contributed by atoms with Gasteiger partial charge in [0.1, 0.15) is 5.82 Å². The lowest BCUT2D eigenvalue weighted by Gasteiger charge is -2.39. The van der Waals surface area contributed by atoms with Gasteiger partial charge in [0.2, 0.25) is 10.0 Å². The van der Waals surface area contributed by atoms with Crippen LogP contribution in [-0.4, -0.2) is 33.1 Å². The molecule has 1 aliphatic rings. The lowest BCUT2D eigenvalue weighted by molar-refractivity contribution is 0.0100. The molecule has 1 heterocycles. The van der Waals surface area contributed by atoms with Gasteiger partial charge in [0.05, 0.1) is 17.1 Å². The summed E-state index contributed by atoms with van der Waals surface area (Å²) in [6, 6.07) is 8.18. The van der Waals surface area contributed by atoms with E-state index in [0.29, 0.717) is 19.6 Å². The number of alkyl halides is 2. The molecule has 0 bridgehead atoms. The molecule has 1 amide bonds. The highest BCUT2D eigenvalue weighted by Gasteiger charge is 2.38. The number of nitrogens with one attached hydrogen (secondary N) is 2. The summed E-state index contributed by atoms with van der Waals surface area (Å²) in [6.45, 7) is 4.56. The van der Waals surface area contributed by atoms with Crippen LogP contribution in [0.15, 0.2) is 47.4 Å². The SMILES string of the molecule is CC1COCC[C@]1(C)NS(=O)(=O)c1cccc(C(=O)Nc2ccc(F)c(C(F)F)c2)c1. The Morgan fingerprint density at radius 3 is 2.65 bits per heavy atom. The van der Waals surface area contributed by atoms with E-state index in [1.165, 1.54) is 24.3 Å². The highest BCUT2D eigenvalue weighted by Crippen LogP contribution is 2.29. The normalized spacial score (nSPS) is 21.8. The van der Waals surface area contributed by atoms with Gasteiger partial charge in [-0.05, 0) is 55.7 Å². The molecule has 2 N–H and O–H groups in total. The van der Waals surface area contributed by atoms with Gasteiger partial charge in [-0.2, -0.15) is 0 Å². The Balaban J connectivity index is 1.81. The van der Waals surface area contributed by atoms with E-state index in [1.54, 1.807) is 0 Å². The number of halogens is 3. The van der Waals surface area contributed by atoms with Crippen LogP contribution in [0.4, 0.5) is 18.9 Å². The minimum atomic E-state index is -3.94. The summed E-state index contributed by atoms with van der Waals surface area (Å²) < 4.78 is 73.1. The van der Waals surface area contributed by atoms with E-state index in [4.69, 9.17) is 4.74 Å². The molecule has 6 nitrogen and oxygen atoms in total. The molecule has 168 valence electrons. The molecular formula is C21H23F3N2O4S. The monoisotopic (exact) mass is 456 g/mol. The predicted molar refractivity (Wildman–Crippen MR) is 109 cm³/mol. The fourth-order valence-corrected chi connectivity index (χ4v) is 4.86. The van der Waals surface area contributed by atoms with Gasteiger partial charge in [-0.25, -0.2) is 26.3 Å². The number of anilines is 1. The first-order valence-electron chi connectivity index (χ1n) is 9.62. The zero-order chi connectivity index (χ0) is 22.8. The largest absolute Gasteiger partial charge is 0.381 e. The zero-order valence-corrected chi connectivity index (χ0v) is 17.8. The fourth-order valence-electron chi connectivity index (χ4n) is 3.29. The molecule has 0 radical (unpaired) electrons. The molecule has 3 rings (SSSR count). The molecule has 2 atom stereocenters. The van der Waals surface area contributed by atoms with Crippen LogP contribution in [0.2, 0.25) is 0 Å². The standard InChI is InChI=1S/C21H23F3N2O4S/c1-13-12-30-9-8-21(13,2)26-31(28,29)16-5-3-4-14(10-16)20(27)25-15-6-7-18(22)17(11-15)19(23)24/h3-7,10-11,13,19,26H,8-9,12H2,1-2H3,(H,25,27)/t13?,21-/m0/s1. The number of hydrogen-bond acceptors (Lipinski definition) is 4. The minimum Gasteiger partial charge on any atom is -0.381 e. The third-order valence-electron chi connectivity index (χ3n) is 5.48. The van der Waals surface area contributed by atoms with Crippen LogP contribution in [0.1, 0.15) is 42.6 Å². The quantitative estimate of drug-likeness (QED) is 0.685. The predicted octanol–water partition coefficient (Wildman–Crippen LogP) is 4.11. The van der Waals surface area contributed by atoms with Crippen molar-refractivity contribution in [2.45, 2.75) is 37.1 Å². The van der Waals surface area contributed by atoms with Crippen LogP contribution in [0.25, 0.3) is 0 Å². The summed E-state index contributed by atoms with van der Waals surface area (Å²) >= 11 is 0. The lowest BCUT2D eigenvalue weighted by atomic mass is 9.84. The van der Waals surface area contributed by atoms with Crippen molar-refractivity contribution in [2.24, 2.45) is 5.92 Å². The molecule has 0 saturated carbocycles. The summed E-state index contributed by atoms with van der Waals surface area (Å²) in [4.78, 5) is 12.4. The van der Waals surface area contributed by atoms with Crippen molar-refractivity contribution >= 4 is 21.6 Å². The van der Waals surface area contributed by atoms with Crippen molar-refractivity contribution in [3.05, 3.63) is 59.4 Å². The minimum absolute atomic E-state index is 0.0102. The van der Waals surface area contributed by atoms with Crippen LogP contribution in [0.5, 0.6) is 0 Å². The maximum atomic E-state index is 13.4. The van der Waals surface area contributed by atoms with Gasteiger partial charge in [0, 0.05) is 23.4 Å². The summed E-state index contributed by atoms with van der Waals surface area (Å²) in [5.41, 5.74) is -1.56. The molecule has 2 aromatic rings. The lowest BCUT2D eigenvalue weighted by Crippen LogP contribution is -2.54. The number of hydrogen-bond donors (Lipinski definition) is 2. The number of benzene rings is 2. The first-order valence-corrected chi connectivity index (χ1v) is 11.1. The maximum Gasteiger partial charge on any atom is 0.266 e. The van der Waals surface area contributed by atoms with Crippen LogP contribution < -0.4 is 10.0 Å². The van der Waals surface area contributed by atoms with Crippen LogP contribution in [-0.2, 0) is 14.8 Å². The van der Waals surface area contributed by atoms with E-state index in [1.807, 2.05) is 13.8 Å². The van der Waals surface area contributed by atoms with Crippen molar-refractivity contribution in [3.8, 4) is 0 Å². The number of amides is 1. The zero-order valence-electron chi connectivity index (χ0n) is 17.0. The van der Waals surface area contributed by atoms with E-state index < -0.39 is 39.3 Å². The average Bonchev–Trinajstić information content (AvgIpc) is 2.71. The maximum absolute atomic E-state index is 13.4. The Labute approximate surface area is 178 Å². The molecule has 0 spiro atoms. The molecule has 2 aromatic carbocycles. The molecule has 1 unspecified atom stereocenters. The van der Waals surface area contributed by atoms with Crippen molar-refractivity contribution < 1.29 is 31.1 Å². The molecule has 1 fully saturated rings. The van der Waals surface area contributed by atoms with E-state index >= 15 is 0 Å². The Hall–Kier alpha value is -2.43. The van der Waals surface area contributed by atoms with Crippen molar-refractivity contribution in [2.75, 3.05) is 18.5 Å². The summed E-state index contributed by atoms with van der Waals surface area (Å²) in [5.74, 6) is -1.84. The van der Waals surface area contributed by atoms with Gasteiger partial charge in [0.15, 0.2) is 0 Å². The van der Waals surface area contributed by atoms with Crippen molar-refractivity contribution in [1.82, 2.24) is 4.72 Å². The molecule has 1 aliphatic heterocycles. The van der Waals surface area contributed by atoms with Crippen LogP contribution in [0.3, 0.4) is 0 Å². The smallest absolute Gasteiger partial charge is 0.266 e. The highest BCUT2D eigenvalue weighted by molar-refractivity contribution is 7.89. The number of carbonyl (C=O) groups is 1. The van der Waals surface area contributed by atoms with Crippen molar-refractivity contribution in [3.63, 3.8) is 0 Å². The Kier molecular flexibility index (Phi) is 6.73. The number of carbonyl (C=O) groups excluding carboxylic acids is 1. The van der Waals surface area contributed by atoms with Gasteiger partial charge < -0.3 is 10.1 Å². The fraction of sp³-hybridized carbons (Fsp3) is 0.381. The summed E-state index contributed by atoms with van der Waals surface area (Å²) in [6.07, 6.45) is -2.53. The van der Waals surface area contributed by atoms with E-state index in [-0.39, 0.29) is 22.1 Å². The molecule has 1 saturated heterocycles. The van der Waals surface area contributed by atoms with Crippen LogP contribution >= 0.6 is 0 Å². The first-order chi connectivity index (χ1) is 14.5. The molecule has 31 heavy (non-hydrogen) atoms. The van der Waals surface area contributed by atoms with Gasteiger partial charge in [0.25, 0.3) is 12.3 Å². The molecule has 0 aliphatic carbocycles. The third kappa shape index (κ3) is 5.25. The summed E-state index contributed by atoms with van der Waals surface area (Å²) in [5, 5.41) is 2.38. The second kappa shape index (κ2) is 8.97. The van der Waals surface area contributed by atoms with Crippen molar-refractivity contribution in [1.29, 1.82) is 0 Å². The van der Waals surface area contributed by atoms with Gasteiger partial charge in [-0.3, -0.25) is 4.79 Å².